The van der Waals surface area contributed by atoms with E-state index in [0.29, 0.717) is 11.7 Å². The second-order valence-electron chi connectivity index (χ2n) is 5.05. The van der Waals surface area contributed by atoms with Crippen molar-refractivity contribution in [2.24, 2.45) is 11.8 Å². The molecule has 0 N–H and O–H groups in total. The third-order valence-electron chi connectivity index (χ3n) is 3.61. The molecular formula is C14H26O. The Morgan fingerprint density at radius 3 is 2.40 bits per heavy atom. The van der Waals surface area contributed by atoms with Crippen LogP contribution in [-0.4, -0.2) is 5.78 Å². The molecule has 1 aliphatic carbocycles. The van der Waals surface area contributed by atoms with E-state index in [9.17, 15) is 4.79 Å². The van der Waals surface area contributed by atoms with Crippen molar-refractivity contribution < 1.29 is 4.79 Å². The normalized spacial score (nSPS) is 17.7. The summed E-state index contributed by atoms with van der Waals surface area (Å²) in [5.74, 6) is 1.89. The van der Waals surface area contributed by atoms with Gasteiger partial charge in [0, 0.05) is 12.3 Å². The molecule has 1 saturated carbocycles. The lowest BCUT2D eigenvalue weighted by Crippen LogP contribution is -2.03. The lowest BCUT2D eigenvalue weighted by atomic mass is 9.93. The molecule has 0 amide bonds. The van der Waals surface area contributed by atoms with Crippen molar-refractivity contribution in [3.8, 4) is 0 Å². The number of ketones is 1. The van der Waals surface area contributed by atoms with Crippen molar-refractivity contribution in [2.75, 3.05) is 0 Å². The maximum absolute atomic E-state index is 11.5. The van der Waals surface area contributed by atoms with Crippen LogP contribution in [0.25, 0.3) is 0 Å². The third kappa shape index (κ3) is 5.34. The van der Waals surface area contributed by atoms with Crippen molar-refractivity contribution in [3.05, 3.63) is 0 Å². The molecule has 1 heteroatoms. The minimum absolute atomic E-state index is 0.473. The standard InChI is InChI=1S/C14H26O/c1-3-5-7-12(4-2)8-6-9-14(15)13-10-11-13/h12-13H,3-11H2,1-2H3. The third-order valence-corrected chi connectivity index (χ3v) is 3.61. The second-order valence-corrected chi connectivity index (χ2v) is 5.05. The zero-order valence-corrected chi connectivity index (χ0v) is 10.4. The average Bonchev–Trinajstić information content (AvgIpc) is 3.06. The SMILES string of the molecule is CCCCC(CC)CCCC(=O)C1CC1. The van der Waals surface area contributed by atoms with Crippen molar-refractivity contribution >= 4 is 5.78 Å². The molecule has 1 unspecified atom stereocenters. The van der Waals surface area contributed by atoms with Gasteiger partial charge in [0.15, 0.2) is 0 Å². The van der Waals surface area contributed by atoms with Crippen LogP contribution in [0.15, 0.2) is 0 Å². The van der Waals surface area contributed by atoms with E-state index in [1.165, 1.54) is 44.9 Å². The van der Waals surface area contributed by atoms with Crippen LogP contribution in [0, 0.1) is 11.8 Å². The fourth-order valence-corrected chi connectivity index (χ4v) is 2.22. The van der Waals surface area contributed by atoms with Crippen LogP contribution in [0.4, 0.5) is 0 Å². The summed E-state index contributed by atoms with van der Waals surface area (Å²) in [6, 6.07) is 0. The van der Waals surface area contributed by atoms with Gasteiger partial charge in [-0.3, -0.25) is 4.79 Å². The fourth-order valence-electron chi connectivity index (χ4n) is 2.22. The summed E-state index contributed by atoms with van der Waals surface area (Å²) in [6.45, 7) is 4.53. The number of Topliss-reactive ketones (excluding diaryl/α,β-unsaturated/α-hetero) is 1. The van der Waals surface area contributed by atoms with Gasteiger partial charge in [-0.2, -0.15) is 0 Å². The zero-order chi connectivity index (χ0) is 11.1. The predicted molar refractivity (Wildman–Crippen MR) is 64.9 cm³/mol. The largest absolute Gasteiger partial charge is 0.299 e. The lowest BCUT2D eigenvalue weighted by Gasteiger charge is -2.13. The van der Waals surface area contributed by atoms with Gasteiger partial charge in [0.05, 0.1) is 0 Å². The first-order chi connectivity index (χ1) is 7.27. The zero-order valence-electron chi connectivity index (χ0n) is 10.4. The highest BCUT2D eigenvalue weighted by molar-refractivity contribution is 5.82. The molecule has 15 heavy (non-hydrogen) atoms. The van der Waals surface area contributed by atoms with Crippen molar-refractivity contribution in [2.45, 2.75) is 71.6 Å². The number of rotatable bonds is 9. The van der Waals surface area contributed by atoms with E-state index in [2.05, 4.69) is 13.8 Å². The Hall–Kier alpha value is -0.330. The summed E-state index contributed by atoms with van der Waals surface area (Å²) in [5, 5.41) is 0. The molecule has 0 heterocycles. The van der Waals surface area contributed by atoms with Crippen LogP contribution in [-0.2, 0) is 4.79 Å². The van der Waals surface area contributed by atoms with Crippen LogP contribution in [0.5, 0.6) is 0 Å². The van der Waals surface area contributed by atoms with E-state index in [0.717, 1.165) is 18.8 Å². The average molecular weight is 210 g/mol. The summed E-state index contributed by atoms with van der Waals surface area (Å²) >= 11 is 0. The maximum atomic E-state index is 11.5. The number of carbonyl (C=O) groups excluding carboxylic acids is 1. The van der Waals surface area contributed by atoms with Gasteiger partial charge in [-0.05, 0) is 25.2 Å². The lowest BCUT2D eigenvalue weighted by molar-refractivity contribution is -0.120. The molecule has 0 aliphatic heterocycles. The second kappa shape index (κ2) is 7.03. The smallest absolute Gasteiger partial charge is 0.135 e. The Morgan fingerprint density at radius 2 is 1.87 bits per heavy atom. The van der Waals surface area contributed by atoms with E-state index in [4.69, 9.17) is 0 Å². The molecule has 1 atom stereocenters. The molecule has 1 aliphatic rings. The first-order valence-corrected chi connectivity index (χ1v) is 6.80. The topological polar surface area (TPSA) is 17.1 Å². The van der Waals surface area contributed by atoms with Gasteiger partial charge < -0.3 is 0 Å². The number of hydrogen-bond acceptors (Lipinski definition) is 1. The number of carbonyl (C=O) groups is 1. The summed E-state index contributed by atoms with van der Waals surface area (Å²) in [5.41, 5.74) is 0. The molecule has 1 fully saturated rings. The van der Waals surface area contributed by atoms with E-state index in [1.807, 2.05) is 0 Å². The minimum Gasteiger partial charge on any atom is -0.299 e. The maximum Gasteiger partial charge on any atom is 0.135 e. The molecule has 0 bridgehead atoms. The number of hydrogen-bond donors (Lipinski definition) is 0. The molecular weight excluding hydrogens is 184 g/mol. The van der Waals surface area contributed by atoms with Gasteiger partial charge in [-0.1, -0.05) is 46.0 Å². The van der Waals surface area contributed by atoms with E-state index >= 15 is 0 Å². The first kappa shape index (κ1) is 12.7. The molecule has 0 radical (unpaired) electrons. The molecule has 0 aromatic rings. The Kier molecular flexibility index (Phi) is 5.97. The predicted octanol–water partition coefficient (Wildman–Crippen LogP) is 4.35. The van der Waals surface area contributed by atoms with Crippen LogP contribution in [0.1, 0.15) is 71.6 Å². The first-order valence-electron chi connectivity index (χ1n) is 6.80. The summed E-state index contributed by atoms with van der Waals surface area (Å²) in [4.78, 5) is 11.5. The van der Waals surface area contributed by atoms with Crippen LogP contribution < -0.4 is 0 Å². The molecule has 0 aromatic carbocycles. The van der Waals surface area contributed by atoms with Gasteiger partial charge in [-0.15, -0.1) is 0 Å². The monoisotopic (exact) mass is 210 g/mol. The van der Waals surface area contributed by atoms with Crippen LogP contribution in [0.3, 0.4) is 0 Å². The van der Waals surface area contributed by atoms with Crippen LogP contribution in [0.2, 0.25) is 0 Å². The molecule has 0 saturated heterocycles. The highest BCUT2D eigenvalue weighted by atomic mass is 16.1. The minimum atomic E-state index is 0.473. The van der Waals surface area contributed by atoms with Gasteiger partial charge in [-0.25, -0.2) is 0 Å². The highest BCUT2D eigenvalue weighted by Crippen LogP contribution is 2.31. The molecule has 0 spiro atoms. The molecule has 1 rings (SSSR count). The molecule has 0 aromatic heterocycles. The van der Waals surface area contributed by atoms with Gasteiger partial charge in [0.2, 0.25) is 0 Å². The Balaban J connectivity index is 2.02. The van der Waals surface area contributed by atoms with E-state index in [-0.39, 0.29) is 0 Å². The van der Waals surface area contributed by atoms with E-state index < -0.39 is 0 Å². The highest BCUT2D eigenvalue weighted by Gasteiger charge is 2.28. The quantitative estimate of drug-likeness (QED) is 0.553. The Bertz CT molecular complexity index is 182. The van der Waals surface area contributed by atoms with Gasteiger partial charge in [0.1, 0.15) is 5.78 Å². The van der Waals surface area contributed by atoms with Crippen molar-refractivity contribution in [3.63, 3.8) is 0 Å². The van der Waals surface area contributed by atoms with Crippen molar-refractivity contribution in [1.29, 1.82) is 0 Å². The molecule has 1 nitrogen and oxygen atoms in total. The summed E-state index contributed by atoms with van der Waals surface area (Å²) in [7, 11) is 0. The molecule has 88 valence electrons. The Morgan fingerprint density at radius 1 is 1.20 bits per heavy atom. The fraction of sp³-hybridized carbons (Fsp3) is 0.929. The summed E-state index contributed by atoms with van der Waals surface area (Å²) < 4.78 is 0. The van der Waals surface area contributed by atoms with Gasteiger partial charge >= 0.3 is 0 Å². The Labute approximate surface area is 94.6 Å². The number of unbranched alkanes of at least 4 members (excludes halogenated alkanes) is 1. The summed E-state index contributed by atoms with van der Waals surface area (Å²) in [6.07, 6.45) is 10.9. The van der Waals surface area contributed by atoms with Crippen molar-refractivity contribution in [1.82, 2.24) is 0 Å². The van der Waals surface area contributed by atoms with Crippen LogP contribution >= 0.6 is 0 Å². The van der Waals surface area contributed by atoms with E-state index in [1.54, 1.807) is 0 Å². The van der Waals surface area contributed by atoms with Gasteiger partial charge in [0.25, 0.3) is 0 Å².